The van der Waals surface area contributed by atoms with Gasteiger partial charge in [0.05, 0.1) is 11.8 Å². The van der Waals surface area contributed by atoms with Crippen LogP contribution in [0.25, 0.3) is 0 Å². The number of carboxylic acids is 1. The summed E-state index contributed by atoms with van der Waals surface area (Å²) < 4.78 is 0. The minimum absolute atomic E-state index is 0.261. The third-order valence-electron chi connectivity index (χ3n) is 3.83. The van der Waals surface area contributed by atoms with Crippen molar-refractivity contribution < 1.29 is 14.7 Å². The lowest BCUT2D eigenvalue weighted by atomic mass is 10.1. The molecule has 0 unspecified atom stereocenters. The second kappa shape index (κ2) is 4.53. The number of hydrogen-bond donors (Lipinski definition) is 2. The van der Waals surface area contributed by atoms with Gasteiger partial charge in [-0.3, -0.25) is 9.59 Å². The monoisotopic (exact) mass is 281 g/mol. The van der Waals surface area contributed by atoms with E-state index in [0.717, 1.165) is 5.56 Å². The van der Waals surface area contributed by atoms with Gasteiger partial charge in [0.2, 0.25) is 5.91 Å². The molecule has 1 aliphatic carbocycles. The number of nitrogens with one attached hydrogen (secondary N) is 1. The van der Waals surface area contributed by atoms with Crippen LogP contribution >= 0.6 is 11.6 Å². The van der Waals surface area contributed by atoms with E-state index in [9.17, 15) is 9.59 Å². The van der Waals surface area contributed by atoms with Gasteiger partial charge in [0.1, 0.15) is 0 Å². The number of aryl methyl sites for hydroxylation is 1. The Hall–Kier alpha value is -1.55. The number of amides is 1. The maximum Gasteiger partial charge on any atom is 0.307 e. The summed E-state index contributed by atoms with van der Waals surface area (Å²) in [6, 6.07) is 5.22. The average molecular weight is 282 g/mol. The predicted octanol–water partition coefficient (Wildman–Crippen LogP) is 2.94. The zero-order valence-corrected chi connectivity index (χ0v) is 11.8. The van der Waals surface area contributed by atoms with E-state index in [1.165, 1.54) is 0 Å². The quantitative estimate of drug-likeness (QED) is 0.895. The standard InChI is InChI=1S/C14H16ClNO3/c1-7-4-5-8(15)6-9(7)16-12(17)10-11(13(18)19)14(10,2)3/h4-6,10-11H,1-3H3,(H,16,17)(H,18,19)/t10-,11+/m0/s1. The van der Waals surface area contributed by atoms with Gasteiger partial charge in [0.25, 0.3) is 0 Å². The zero-order chi connectivity index (χ0) is 14.4. The van der Waals surface area contributed by atoms with Gasteiger partial charge in [0.15, 0.2) is 0 Å². The number of carbonyl (C=O) groups is 2. The Labute approximate surface area is 116 Å². The molecule has 0 saturated heterocycles. The molecule has 0 aromatic heterocycles. The first kappa shape index (κ1) is 13.9. The normalized spacial score (nSPS) is 23.8. The molecule has 0 bridgehead atoms. The van der Waals surface area contributed by atoms with Gasteiger partial charge in [-0.2, -0.15) is 0 Å². The summed E-state index contributed by atoms with van der Waals surface area (Å²) in [7, 11) is 0. The van der Waals surface area contributed by atoms with E-state index in [1.807, 2.05) is 13.0 Å². The Morgan fingerprint density at radius 2 is 1.95 bits per heavy atom. The first-order valence-corrected chi connectivity index (χ1v) is 6.42. The lowest BCUT2D eigenvalue weighted by Crippen LogP contribution is -2.18. The molecule has 0 radical (unpaired) electrons. The smallest absolute Gasteiger partial charge is 0.307 e. The summed E-state index contributed by atoms with van der Waals surface area (Å²) >= 11 is 5.89. The number of rotatable bonds is 3. The molecule has 5 heteroatoms. The molecule has 1 aliphatic rings. The zero-order valence-electron chi connectivity index (χ0n) is 11.0. The SMILES string of the molecule is Cc1ccc(Cl)cc1NC(=O)[C@@H]1[C@H](C(=O)O)C1(C)C. The molecule has 0 spiro atoms. The number of halogens is 1. The fourth-order valence-corrected chi connectivity index (χ4v) is 2.70. The molecule has 1 aromatic carbocycles. The van der Waals surface area contributed by atoms with Crippen molar-refractivity contribution in [2.75, 3.05) is 5.32 Å². The van der Waals surface area contributed by atoms with E-state index in [2.05, 4.69) is 5.32 Å². The van der Waals surface area contributed by atoms with Gasteiger partial charge in [-0.05, 0) is 30.0 Å². The highest BCUT2D eigenvalue weighted by Gasteiger charge is 2.65. The van der Waals surface area contributed by atoms with Crippen LogP contribution in [-0.2, 0) is 9.59 Å². The van der Waals surface area contributed by atoms with E-state index in [1.54, 1.807) is 26.0 Å². The molecule has 19 heavy (non-hydrogen) atoms. The molecule has 2 atom stereocenters. The van der Waals surface area contributed by atoms with Crippen molar-refractivity contribution >= 4 is 29.2 Å². The van der Waals surface area contributed by atoms with Crippen LogP contribution in [0.2, 0.25) is 5.02 Å². The molecular formula is C14H16ClNO3. The molecule has 0 heterocycles. The van der Waals surface area contributed by atoms with Gasteiger partial charge in [-0.25, -0.2) is 0 Å². The van der Waals surface area contributed by atoms with Crippen molar-refractivity contribution in [1.82, 2.24) is 0 Å². The molecule has 4 nitrogen and oxygen atoms in total. The van der Waals surface area contributed by atoms with Crippen LogP contribution in [0.5, 0.6) is 0 Å². The van der Waals surface area contributed by atoms with Crippen molar-refractivity contribution in [3.8, 4) is 0 Å². The predicted molar refractivity (Wildman–Crippen MR) is 73.2 cm³/mol. The van der Waals surface area contributed by atoms with Crippen LogP contribution in [0.3, 0.4) is 0 Å². The van der Waals surface area contributed by atoms with Gasteiger partial charge < -0.3 is 10.4 Å². The Bertz CT molecular complexity index is 554. The van der Waals surface area contributed by atoms with Gasteiger partial charge >= 0.3 is 5.97 Å². The Morgan fingerprint density at radius 1 is 1.32 bits per heavy atom. The number of anilines is 1. The number of aliphatic carboxylic acids is 1. The Kier molecular flexibility index (Phi) is 3.31. The summed E-state index contributed by atoms with van der Waals surface area (Å²) in [4.78, 5) is 23.2. The second-order valence-electron chi connectivity index (χ2n) is 5.56. The maximum atomic E-state index is 12.2. The summed E-state index contributed by atoms with van der Waals surface area (Å²) in [5.41, 5.74) is 1.02. The van der Waals surface area contributed by atoms with Crippen molar-refractivity contribution in [1.29, 1.82) is 0 Å². The van der Waals surface area contributed by atoms with Crippen LogP contribution in [-0.4, -0.2) is 17.0 Å². The minimum atomic E-state index is -0.923. The van der Waals surface area contributed by atoms with Crippen LogP contribution in [0.4, 0.5) is 5.69 Å². The molecule has 1 fully saturated rings. The molecule has 2 N–H and O–H groups in total. The highest BCUT2D eigenvalue weighted by molar-refractivity contribution is 6.31. The highest BCUT2D eigenvalue weighted by Crippen LogP contribution is 2.58. The maximum absolute atomic E-state index is 12.2. The van der Waals surface area contributed by atoms with Crippen molar-refractivity contribution in [3.63, 3.8) is 0 Å². The lowest BCUT2D eigenvalue weighted by Gasteiger charge is -2.09. The number of hydrogen-bond acceptors (Lipinski definition) is 2. The summed E-state index contributed by atoms with van der Waals surface area (Å²) in [6.45, 7) is 5.44. The fourth-order valence-electron chi connectivity index (χ4n) is 2.53. The molecule has 1 aromatic rings. The van der Waals surface area contributed by atoms with Gasteiger partial charge in [-0.15, -0.1) is 0 Å². The molecule has 1 saturated carbocycles. The summed E-state index contributed by atoms with van der Waals surface area (Å²) in [5.74, 6) is -2.30. The third kappa shape index (κ3) is 2.45. The first-order chi connectivity index (χ1) is 8.75. The van der Waals surface area contributed by atoms with E-state index < -0.39 is 23.2 Å². The molecule has 102 valence electrons. The third-order valence-corrected chi connectivity index (χ3v) is 4.07. The van der Waals surface area contributed by atoms with Crippen molar-refractivity contribution in [2.24, 2.45) is 17.3 Å². The topological polar surface area (TPSA) is 66.4 Å². The van der Waals surface area contributed by atoms with Gasteiger partial charge in [0, 0.05) is 10.7 Å². The van der Waals surface area contributed by atoms with E-state index >= 15 is 0 Å². The largest absolute Gasteiger partial charge is 0.481 e. The lowest BCUT2D eigenvalue weighted by molar-refractivity contribution is -0.140. The average Bonchev–Trinajstić information content (AvgIpc) is 2.87. The number of benzene rings is 1. The fraction of sp³-hybridized carbons (Fsp3) is 0.429. The summed E-state index contributed by atoms with van der Waals surface area (Å²) in [6.07, 6.45) is 0. The van der Waals surface area contributed by atoms with Crippen LogP contribution in [0.15, 0.2) is 18.2 Å². The van der Waals surface area contributed by atoms with Crippen LogP contribution in [0, 0.1) is 24.2 Å². The van der Waals surface area contributed by atoms with Crippen LogP contribution in [0.1, 0.15) is 19.4 Å². The van der Waals surface area contributed by atoms with E-state index in [-0.39, 0.29) is 5.91 Å². The van der Waals surface area contributed by atoms with Crippen LogP contribution < -0.4 is 5.32 Å². The minimum Gasteiger partial charge on any atom is -0.481 e. The molecular weight excluding hydrogens is 266 g/mol. The Balaban J connectivity index is 2.15. The number of carboxylic acid groups (broad SMARTS) is 1. The van der Waals surface area contributed by atoms with Gasteiger partial charge in [-0.1, -0.05) is 31.5 Å². The number of carbonyl (C=O) groups excluding carboxylic acids is 1. The second-order valence-corrected chi connectivity index (χ2v) is 6.00. The highest BCUT2D eigenvalue weighted by atomic mass is 35.5. The molecule has 0 aliphatic heterocycles. The van der Waals surface area contributed by atoms with Crippen molar-refractivity contribution in [2.45, 2.75) is 20.8 Å². The molecule has 1 amide bonds. The Morgan fingerprint density at radius 3 is 2.47 bits per heavy atom. The van der Waals surface area contributed by atoms with E-state index in [0.29, 0.717) is 10.7 Å². The first-order valence-electron chi connectivity index (χ1n) is 6.05. The van der Waals surface area contributed by atoms with E-state index in [4.69, 9.17) is 16.7 Å². The van der Waals surface area contributed by atoms with Crippen molar-refractivity contribution in [3.05, 3.63) is 28.8 Å². The molecule has 2 rings (SSSR count). The summed E-state index contributed by atoms with van der Waals surface area (Å²) in [5, 5.41) is 12.4.